The minimum absolute atomic E-state index is 0.00970. The number of thiol groups is 1. The predicted octanol–water partition coefficient (Wildman–Crippen LogP) is 4.32. The Morgan fingerprint density at radius 1 is 0.706 bits per heavy atom. The van der Waals surface area contributed by atoms with E-state index in [0.717, 1.165) is 25.7 Å². The second kappa shape index (κ2) is 12.2. The highest BCUT2D eigenvalue weighted by Gasteiger charge is 1.96. The van der Waals surface area contributed by atoms with Gasteiger partial charge in [0.05, 0.1) is 0 Å². The van der Waals surface area contributed by atoms with E-state index in [1.807, 2.05) is 0 Å². The van der Waals surface area contributed by atoms with Crippen LogP contribution in [0.5, 0.6) is 0 Å². The summed E-state index contributed by atoms with van der Waals surface area (Å²) in [7, 11) is 0. The molecule has 0 aromatic rings. The summed E-state index contributed by atoms with van der Waals surface area (Å²) >= 11 is 3.74. The van der Waals surface area contributed by atoms with Crippen molar-refractivity contribution in [3.63, 3.8) is 0 Å². The van der Waals surface area contributed by atoms with Gasteiger partial charge in [0.15, 0.2) is 5.12 Å². The second-order valence-corrected chi connectivity index (χ2v) is 5.28. The molecule has 0 saturated heterocycles. The van der Waals surface area contributed by atoms with Crippen LogP contribution in [0.2, 0.25) is 0 Å². The Balaban J connectivity index is 2.98. The summed E-state index contributed by atoms with van der Waals surface area (Å²) in [5, 5.41) is 0.00970. The third-order valence-corrected chi connectivity index (χ3v) is 3.14. The lowest BCUT2D eigenvalue weighted by atomic mass is 10.1. The van der Waals surface area contributed by atoms with Gasteiger partial charge in [0.25, 0.3) is 0 Å². The average Bonchev–Trinajstić information content (AvgIpc) is 2.25. The highest BCUT2D eigenvalue weighted by Crippen LogP contribution is 2.11. The molecule has 0 aliphatic carbocycles. The van der Waals surface area contributed by atoms with Crippen molar-refractivity contribution in [2.45, 2.75) is 77.6 Å². The molecule has 0 amide bonds. The Hall–Kier alpha value is -0.310. The van der Waals surface area contributed by atoms with Crippen LogP contribution < -0.4 is 0 Å². The van der Waals surface area contributed by atoms with Gasteiger partial charge in [-0.1, -0.05) is 44.9 Å². The fourth-order valence-corrected chi connectivity index (χ4v) is 2.05. The molecule has 0 atom stereocenters. The van der Waals surface area contributed by atoms with E-state index in [2.05, 4.69) is 12.6 Å². The lowest BCUT2D eigenvalue weighted by molar-refractivity contribution is -0.117. The molecule has 0 fully saturated rings. The lowest BCUT2D eigenvalue weighted by Crippen LogP contribution is -1.89. The quantitative estimate of drug-likeness (QED) is 0.418. The van der Waals surface area contributed by atoms with Crippen molar-refractivity contribution in [2.24, 2.45) is 0 Å². The van der Waals surface area contributed by atoms with Gasteiger partial charge in [-0.15, -0.1) is 12.6 Å². The van der Waals surface area contributed by atoms with Crippen LogP contribution in [-0.4, -0.2) is 10.9 Å². The summed E-state index contributed by atoms with van der Waals surface area (Å²) in [5.41, 5.74) is 0. The maximum atomic E-state index is 10.7. The molecule has 0 unspecified atom stereocenters. The molecule has 0 aliphatic rings. The minimum atomic E-state index is 0.00970. The first-order chi connectivity index (χ1) is 8.13. The summed E-state index contributed by atoms with van der Waals surface area (Å²) in [6, 6.07) is 0. The van der Waals surface area contributed by atoms with Crippen molar-refractivity contribution < 1.29 is 9.59 Å². The molecule has 0 aliphatic heterocycles. The highest BCUT2D eigenvalue weighted by molar-refractivity contribution is 7.96. The molecule has 2 nitrogen and oxygen atoms in total. The van der Waals surface area contributed by atoms with Crippen LogP contribution in [0, 0.1) is 0 Å². The Morgan fingerprint density at radius 3 is 1.41 bits per heavy atom. The number of ketones is 1. The SMILES string of the molecule is CC(=O)CCCCCCCCCCCC(=O)S. The summed E-state index contributed by atoms with van der Waals surface area (Å²) in [6.07, 6.45) is 12.1. The van der Waals surface area contributed by atoms with Crippen LogP contribution in [0.4, 0.5) is 0 Å². The fraction of sp³-hybridized carbons (Fsp3) is 0.857. The van der Waals surface area contributed by atoms with Gasteiger partial charge in [-0.3, -0.25) is 4.79 Å². The van der Waals surface area contributed by atoms with E-state index >= 15 is 0 Å². The topological polar surface area (TPSA) is 34.1 Å². The molecule has 0 spiro atoms. The number of Topliss-reactive ketones (excluding diaryl/α,β-unsaturated/α-hetero) is 1. The van der Waals surface area contributed by atoms with Crippen molar-refractivity contribution >= 4 is 23.5 Å². The lowest BCUT2D eigenvalue weighted by Gasteiger charge is -2.01. The molecule has 0 heterocycles. The van der Waals surface area contributed by atoms with Crippen LogP contribution in [0.1, 0.15) is 77.6 Å². The van der Waals surface area contributed by atoms with E-state index in [9.17, 15) is 9.59 Å². The monoisotopic (exact) mass is 258 g/mol. The first-order valence-electron chi connectivity index (χ1n) is 6.84. The number of hydrogen-bond donors (Lipinski definition) is 1. The molecule has 3 heteroatoms. The largest absolute Gasteiger partial charge is 0.300 e. The van der Waals surface area contributed by atoms with Gasteiger partial charge in [0.2, 0.25) is 0 Å². The van der Waals surface area contributed by atoms with Gasteiger partial charge >= 0.3 is 0 Å². The van der Waals surface area contributed by atoms with Crippen molar-refractivity contribution in [1.82, 2.24) is 0 Å². The van der Waals surface area contributed by atoms with E-state index in [4.69, 9.17) is 0 Å². The third kappa shape index (κ3) is 15.7. The van der Waals surface area contributed by atoms with Crippen LogP contribution in [0.3, 0.4) is 0 Å². The first kappa shape index (κ1) is 16.7. The van der Waals surface area contributed by atoms with Gasteiger partial charge in [-0.2, -0.15) is 0 Å². The number of rotatable bonds is 12. The zero-order valence-electron chi connectivity index (χ0n) is 11.0. The van der Waals surface area contributed by atoms with E-state index in [0.29, 0.717) is 12.2 Å². The molecule has 0 N–H and O–H groups in total. The highest BCUT2D eigenvalue weighted by atomic mass is 32.1. The second-order valence-electron chi connectivity index (χ2n) is 4.78. The zero-order chi connectivity index (χ0) is 12.9. The van der Waals surface area contributed by atoms with E-state index < -0.39 is 0 Å². The van der Waals surface area contributed by atoms with Crippen LogP contribution >= 0.6 is 12.6 Å². The summed E-state index contributed by atoms with van der Waals surface area (Å²) in [4.78, 5) is 21.3. The number of unbranched alkanes of at least 4 members (excludes halogenated alkanes) is 8. The molecule has 0 aromatic carbocycles. The standard InChI is InChI=1S/C14H26O2S/c1-13(15)11-9-7-5-3-2-4-6-8-10-12-14(16)17/h2-12H2,1H3,(H,16,17). The molecule has 0 aromatic heterocycles. The van der Waals surface area contributed by atoms with Gasteiger partial charge in [-0.05, 0) is 19.8 Å². The normalized spacial score (nSPS) is 10.5. The molecule has 0 saturated carbocycles. The Morgan fingerprint density at radius 2 is 1.06 bits per heavy atom. The van der Waals surface area contributed by atoms with Crippen LogP contribution in [0.25, 0.3) is 0 Å². The van der Waals surface area contributed by atoms with Gasteiger partial charge in [-0.25, -0.2) is 0 Å². The number of carbonyl (C=O) groups is 2. The van der Waals surface area contributed by atoms with Crippen LogP contribution in [0.15, 0.2) is 0 Å². The summed E-state index contributed by atoms with van der Waals surface area (Å²) in [6.45, 7) is 1.66. The molecule has 0 rings (SSSR count). The predicted molar refractivity (Wildman–Crippen MR) is 75.5 cm³/mol. The van der Waals surface area contributed by atoms with Crippen molar-refractivity contribution in [3.8, 4) is 0 Å². The smallest absolute Gasteiger partial charge is 0.185 e. The van der Waals surface area contributed by atoms with Crippen molar-refractivity contribution in [3.05, 3.63) is 0 Å². The minimum Gasteiger partial charge on any atom is -0.300 e. The molecular weight excluding hydrogens is 232 g/mol. The third-order valence-electron chi connectivity index (χ3n) is 2.92. The van der Waals surface area contributed by atoms with Gasteiger partial charge in [0, 0.05) is 12.8 Å². The van der Waals surface area contributed by atoms with Gasteiger partial charge < -0.3 is 4.79 Å². The summed E-state index contributed by atoms with van der Waals surface area (Å²) in [5.74, 6) is 0.309. The Labute approximate surface area is 111 Å². The van der Waals surface area contributed by atoms with Crippen molar-refractivity contribution in [1.29, 1.82) is 0 Å². The maximum absolute atomic E-state index is 10.7. The summed E-state index contributed by atoms with van der Waals surface area (Å²) < 4.78 is 0. The fourth-order valence-electron chi connectivity index (χ4n) is 1.89. The van der Waals surface area contributed by atoms with E-state index in [1.165, 1.54) is 38.5 Å². The first-order valence-corrected chi connectivity index (χ1v) is 7.29. The maximum Gasteiger partial charge on any atom is 0.185 e. The Kier molecular flexibility index (Phi) is 11.9. The van der Waals surface area contributed by atoms with Crippen molar-refractivity contribution in [2.75, 3.05) is 0 Å². The Bertz CT molecular complexity index is 192. The molecule has 17 heavy (non-hydrogen) atoms. The van der Waals surface area contributed by atoms with Gasteiger partial charge in [0.1, 0.15) is 5.78 Å². The zero-order valence-corrected chi connectivity index (χ0v) is 11.9. The average molecular weight is 258 g/mol. The van der Waals surface area contributed by atoms with E-state index in [-0.39, 0.29) is 5.12 Å². The number of hydrogen-bond acceptors (Lipinski definition) is 2. The molecular formula is C14H26O2S. The van der Waals surface area contributed by atoms with Crippen LogP contribution in [-0.2, 0) is 9.59 Å². The molecule has 100 valence electrons. The molecule has 0 radical (unpaired) electrons. The number of carbonyl (C=O) groups excluding carboxylic acids is 2. The van der Waals surface area contributed by atoms with E-state index in [1.54, 1.807) is 6.92 Å². The molecule has 0 bridgehead atoms.